The van der Waals surface area contributed by atoms with E-state index in [-0.39, 0.29) is 46.8 Å². The second-order valence-electron chi connectivity index (χ2n) is 19.0. The van der Waals surface area contributed by atoms with Gasteiger partial charge in [0.05, 0.1) is 31.9 Å². The van der Waals surface area contributed by atoms with Crippen molar-refractivity contribution in [1.82, 2.24) is 34.8 Å². The Morgan fingerprint density at radius 3 is 1.29 bits per heavy atom. The van der Waals surface area contributed by atoms with E-state index < -0.39 is 157 Å². The van der Waals surface area contributed by atoms with E-state index in [9.17, 15) is 88.0 Å². The minimum atomic E-state index is -5.15. The maximum absolute atomic E-state index is 12.7. The number of aromatic nitrogens is 6. The molecule has 37 nitrogen and oxygen atoms in total. The molecule has 1 aliphatic heterocycles. The second-order valence-corrected chi connectivity index (χ2v) is 27.4. The number of fused-ring (bicyclic) bond motifs is 2. The molecule has 0 atom stereocenters. The summed E-state index contributed by atoms with van der Waals surface area (Å²) in [5.74, 6) is -1.10. The lowest BCUT2D eigenvalue weighted by molar-refractivity contribution is 0.266. The SMILES string of the molecule is Cc1nc(NCCN2CCN(c3nc(C)nc(Nc4ccc(N=Nc5c(N)c(S(=O)(=O)O)cc6cc(S(=O)(=O)O)cc(O)c56)c(S(=O)(=O)O)c4)n3)CC2)nc(Nc2ccc(N=Nc3c(N)c(S(=O)(=O)O)cc4cc(S(=O)(=O)O)cc(O)c34)c(S(=O)(=O)O)c2)n1. The van der Waals surface area contributed by atoms with E-state index in [0.29, 0.717) is 63.5 Å². The quantitative estimate of drug-likeness (QED) is 0.0299. The molecule has 15 N–H and O–H groups in total. The van der Waals surface area contributed by atoms with Crippen molar-refractivity contribution >= 4 is 152 Å². The molecule has 89 heavy (non-hydrogen) atoms. The number of nitrogens with zero attached hydrogens (tertiary/aromatic N) is 12. The zero-order chi connectivity index (χ0) is 65.1. The van der Waals surface area contributed by atoms with Crippen LogP contribution in [0, 0.1) is 13.8 Å². The van der Waals surface area contributed by atoms with Crippen LogP contribution in [0.15, 0.2) is 123 Å². The minimum absolute atomic E-state index is 0.000329. The van der Waals surface area contributed by atoms with Gasteiger partial charge >= 0.3 is 0 Å². The Balaban J connectivity index is 0.851. The maximum atomic E-state index is 12.7. The van der Waals surface area contributed by atoms with Crippen LogP contribution < -0.4 is 32.3 Å². The van der Waals surface area contributed by atoms with Gasteiger partial charge in [-0.25, -0.2) is 0 Å². The van der Waals surface area contributed by atoms with Crippen molar-refractivity contribution in [2.75, 3.05) is 71.6 Å². The molecule has 0 amide bonds. The average molecular weight is 1350 g/mol. The number of hydrogen-bond donors (Lipinski definition) is 13. The highest BCUT2D eigenvalue weighted by Gasteiger charge is 2.28. The van der Waals surface area contributed by atoms with Gasteiger partial charge in [0.25, 0.3) is 60.7 Å². The van der Waals surface area contributed by atoms with E-state index >= 15 is 0 Å². The second kappa shape index (κ2) is 23.8. The Bertz CT molecular complexity index is 5060. The van der Waals surface area contributed by atoms with Crippen LogP contribution in [-0.4, -0.2) is 162 Å². The first-order chi connectivity index (χ1) is 41.3. The van der Waals surface area contributed by atoms with Crippen molar-refractivity contribution in [3.63, 3.8) is 0 Å². The number of nitrogens with one attached hydrogen (secondary N) is 3. The van der Waals surface area contributed by atoms with Gasteiger partial charge in [0, 0.05) is 62.8 Å². The lowest BCUT2D eigenvalue weighted by Crippen LogP contribution is -2.48. The molecule has 6 aromatic carbocycles. The number of phenolic OH excluding ortho intramolecular Hbond substituents is 2. The van der Waals surface area contributed by atoms with E-state index in [0.717, 1.165) is 36.4 Å². The Morgan fingerprint density at radius 2 is 0.876 bits per heavy atom. The fourth-order valence-electron chi connectivity index (χ4n) is 8.87. The molecular weight excluding hydrogens is 1300 g/mol. The Kier molecular flexibility index (Phi) is 17.2. The zero-order valence-electron chi connectivity index (χ0n) is 45.1. The number of azo groups is 2. The van der Waals surface area contributed by atoms with E-state index in [1.54, 1.807) is 13.8 Å². The summed E-state index contributed by atoms with van der Waals surface area (Å²) in [5, 5.41) is 43.9. The van der Waals surface area contributed by atoms with Gasteiger partial charge in [-0.05, 0) is 85.3 Å². The van der Waals surface area contributed by atoms with E-state index in [1.807, 2.05) is 4.90 Å². The third kappa shape index (κ3) is 14.6. The van der Waals surface area contributed by atoms with Gasteiger partial charge in [0.1, 0.15) is 65.5 Å². The van der Waals surface area contributed by atoms with Gasteiger partial charge in [-0.1, -0.05) is 0 Å². The summed E-state index contributed by atoms with van der Waals surface area (Å²) in [4.78, 5) is 24.6. The number of aromatic hydroxyl groups is 2. The summed E-state index contributed by atoms with van der Waals surface area (Å²) >= 11 is 0. The molecule has 1 saturated heterocycles. The Labute approximate surface area is 502 Å². The average Bonchev–Trinajstić information content (AvgIpc) is 0.996. The minimum Gasteiger partial charge on any atom is -0.507 e. The Hall–Kier alpha value is -9.12. The summed E-state index contributed by atoms with van der Waals surface area (Å²) in [6.07, 6.45) is 0. The predicted molar refractivity (Wildman–Crippen MR) is 313 cm³/mol. The number of rotatable bonds is 19. The van der Waals surface area contributed by atoms with Crippen LogP contribution in [0.5, 0.6) is 11.5 Å². The fraction of sp³-hybridized carbons (Fsp3) is 0.174. The highest BCUT2D eigenvalue weighted by Crippen LogP contribution is 2.46. The lowest BCUT2D eigenvalue weighted by atomic mass is 10.1. The van der Waals surface area contributed by atoms with Crippen LogP contribution in [0.2, 0.25) is 0 Å². The summed E-state index contributed by atoms with van der Waals surface area (Å²) in [6.45, 7) is 5.76. The summed E-state index contributed by atoms with van der Waals surface area (Å²) in [6, 6.07) is 10.6. The first-order valence-corrected chi connectivity index (χ1v) is 33.3. The van der Waals surface area contributed by atoms with Crippen molar-refractivity contribution in [2.45, 2.75) is 43.2 Å². The number of hydrogen-bond acceptors (Lipinski definition) is 31. The lowest BCUT2D eigenvalue weighted by Gasteiger charge is -2.34. The normalized spacial score (nSPS) is 14.1. The number of nitrogen functional groups attached to an aromatic ring is 2. The van der Waals surface area contributed by atoms with Crippen LogP contribution in [0.1, 0.15) is 11.6 Å². The predicted octanol–water partition coefficient (Wildman–Crippen LogP) is 4.59. The number of piperazine rings is 1. The van der Waals surface area contributed by atoms with Crippen molar-refractivity contribution in [1.29, 1.82) is 0 Å². The largest absolute Gasteiger partial charge is 0.507 e. The molecule has 3 heterocycles. The summed E-state index contributed by atoms with van der Waals surface area (Å²) in [5.41, 5.74) is 7.87. The molecule has 9 rings (SSSR count). The topological polar surface area (TPSA) is 588 Å². The van der Waals surface area contributed by atoms with Gasteiger partial charge in [-0.2, -0.15) is 80.4 Å². The molecule has 1 fully saturated rings. The third-order valence-electron chi connectivity index (χ3n) is 12.8. The maximum Gasteiger partial charge on any atom is 0.296 e. The van der Waals surface area contributed by atoms with Gasteiger partial charge in [0.15, 0.2) is 0 Å². The smallest absolute Gasteiger partial charge is 0.296 e. The zero-order valence-corrected chi connectivity index (χ0v) is 50.0. The van der Waals surface area contributed by atoms with Gasteiger partial charge in [-0.15, -0.1) is 20.5 Å². The molecule has 470 valence electrons. The monoisotopic (exact) mass is 1350 g/mol. The molecule has 0 saturated carbocycles. The summed E-state index contributed by atoms with van der Waals surface area (Å²) < 4.78 is 206. The number of benzene rings is 6. The van der Waals surface area contributed by atoms with Gasteiger partial charge in [-0.3, -0.25) is 32.2 Å². The van der Waals surface area contributed by atoms with Crippen LogP contribution in [0.25, 0.3) is 21.5 Å². The molecule has 2 aromatic heterocycles. The van der Waals surface area contributed by atoms with Crippen LogP contribution in [0.3, 0.4) is 0 Å². The Morgan fingerprint density at radius 1 is 0.472 bits per heavy atom. The molecule has 0 unspecified atom stereocenters. The van der Waals surface area contributed by atoms with Crippen LogP contribution in [0.4, 0.5) is 69.3 Å². The van der Waals surface area contributed by atoms with Crippen LogP contribution in [-0.2, 0) is 60.7 Å². The molecule has 0 aliphatic carbocycles. The molecule has 1 aliphatic rings. The highest BCUT2D eigenvalue weighted by atomic mass is 32.2. The first kappa shape index (κ1) is 64.4. The van der Waals surface area contributed by atoms with Crippen molar-refractivity contribution in [2.24, 2.45) is 20.5 Å². The van der Waals surface area contributed by atoms with Crippen molar-refractivity contribution in [3.8, 4) is 11.5 Å². The van der Waals surface area contributed by atoms with E-state index in [2.05, 4.69) is 71.2 Å². The van der Waals surface area contributed by atoms with Gasteiger partial charge < -0.3 is 42.5 Å². The number of anilines is 8. The third-order valence-corrected chi connectivity index (χ3v) is 18.1. The van der Waals surface area contributed by atoms with Crippen LogP contribution >= 0.6 is 0 Å². The molecule has 0 bridgehead atoms. The van der Waals surface area contributed by atoms with E-state index in [4.69, 9.17) is 11.5 Å². The molecule has 43 heteroatoms. The first-order valence-electron chi connectivity index (χ1n) is 24.7. The van der Waals surface area contributed by atoms with Crippen molar-refractivity contribution < 1.29 is 88.0 Å². The highest BCUT2D eigenvalue weighted by molar-refractivity contribution is 7.87. The number of aryl methyl sites for hydroxylation is 2. The van der Waals surface area contributed by atoms with E-state index in [1.165, 1.54) is 12.1 Å². The standard InChI is InChI=1S/C46H45N17O20S6/c1-21-50-43(56-44(51-21)54-25-3-5-29(33(17-25)86(72,73)74)58-60-41-37-23(15-35(39(41)47)88(78,79)80)13-27(19-31(37)64)84(66,67)68)49-7-8-62-9-11-63(12-10-62)46-53-22(2)52-45(57-46)55-26-4-6-30(34(18-26)87(75,76)77)59-61-42-38-24(16-36(40(42)48)89(81,82)83)14-28(20-32(38)65)85(69,70)71/h3-6,13-20,64-65H,7-12,47-48H2,1-2H3,(H,66,67,68)(H,69,70,71)(H,72,73,74)(H,75,76,77)(H,78,79,80)(H,81,82,83)(H,52,53,55,57)(H2,49,50,51,54,56). The molecular formula is C46H45N17O20S6. The molecule has 8 aromatic rings. The number of nitrogens with two attached hydrogens (primary N) is 2. The van der Waals surface area contributed by atoms with Gasteiger partial charge in [0.2, 0.25) is 23.8 Å². The summed E-state index contributed by atoms with van der Waals surface area (Å²) in [7, 11) is -30.5. The fourth-order valence-corrected chi connectivity index (χ4v) is 12.5. The molecule has 0 spiro atoms. The number of phenols is 2. The van der Waals surface area contributed by atoms with Crippen molar-refractivity contribution in [3.05, 3.63) is 84.4 Å². The molecule has 0 radical (unpaired) electrons.